The summed E-state index contributed by atoms with van der Waals surface area (Å²) in [6.07, 6.45) is 8.00. The Hall–Kier alpha value is -0.153. The minimum absolute atomic E-state index is 0.00878. The summed E-state index contributed by atoms with van der Waals surface area (Å²) >= 11 is 0. The second-order valence-electron chi connectivity index (χ2n) is 11.0. The van der Waals surface area contributed by atoms with Crippen LogP contribution in [0.5, 0.6) is 0 Å². The molecule has 28 heavy (non-hydrogen) atoms. The summed E-state index contributed by atoms with van der Waals surface area (Å²) in [4.78, 5) is 12.5. The van der Waals surface area contributed by atoms with Crippen LogP contribution in [-0.4, -0.2) is 19.7 Å². The Bertz CT molecular complexity index is 516. The van der Waals surface area contributed by atoms with E-state index in [1.807, 2.05) is 0 Å². The lowest BCUT2D eigenvalue weighted by Crippen LogP contribution is -2.44. The quantitative estimate of drug-likeness (QED) is 0.347. The molecule has 0 aromatic carbocycles. The average Bonchev–Trinajstić information content (AvgIpc) is 3.02. The van der Waals surface area contributed by atoms with E-state index in [1.54, 1.807) is 0 Å². The van der Waals surface area contributed by atoms with Gasteiger partial charge >= 0.3 is 0 Å². The van der Waals surface area contributed by atoms with E-state index in [4.69, 9.17) is 4.43 Å². The molecule has 0 saturated heterocycles. The molecule has 0 amide bonds. The van der Waals surface area contributed by atoms with Gasteiger partial charge in [-0.1, -0.05) is 41.5 Å². The molecule has 0 aliphatic heterocycles. The van der Waals surface area contributed by atoms with Gasteiger partial charge < -0.3 is 4.43 Å². The zero-order valence-corrected chi connectivity index (χ0v) is 21.2. The molecule has 2 nitrogen and oxygen atoms in total. The van der Waals surface area contributed by atoms with Crippen LogP contribution in [0.2, 0.25) is 18.1 Å². The van der Waals surface area contributed by atoms with Crippen molar-refractivity contribution in [3.63, 3.8) is 0 Å². The standard InChI is InChI=1S/C25H48O2Si/c1-9-28(10-2,11-3)27-24(6,7)18-16-19(4)20(5)21-14-15-22-23(26)13-12-17-25(21,22)8/h19-22H,9-18H2,1-8H3/t19-,20-,21+,22-,25+/m0/s1. The van der Waals surface area contributed by atoms with E-state index in [9.17, 15) is 4.79 Å². The van der Waals surface area contributed by atoms with Gasteiger partial charge in [0.05, 0.1) is 5.60 Å². The van der Waals surface area contributed by atoms with Gasteiger partial charge in [-0.05, 0) is 93.7 Å². The van der Waals surface area contributed by atoms with Gasteiger partial charge in [0, 0.05) is 12.3 Å². The van der Waals surface area contributed by atoms with Gasteiger partial charge in [0.1, 0.15) is 5.78 Å². The maximum Gasteiger partial charge on any atom is 0.192 e. The molecule has 3 heteroatoms. The van der Waals surface area contributed by atoms with Gasteiger partial charge in [-0.3, -0.25) is 4.79 Å². The minimum atomic E-state index is -1.56. The predicted octanol–water partition coefficient (Wildman–Crippen LogP) is 7.62. The van der Waals surface area contributed by atoms with Gasteiger partial charge in [0.25, 0.3) is 0 Å². The van der Waals surface area contributed by atoms with E-state index in [2.05, 4.69) is 55.4 Å². The Morgan fingerprint density at radius 1 is 1.14 bits per heavy atom. The number of fused-ring (bicyclic) bond motifs is 1. The third kappa shape index (κ3) is 4.94. The van der Waals surface area contributed by atoms with Crippen molar-refractivity contribution in [3.05, 3.63) is 0 Å². The molecule has 0 aromatic heterocycles. The van der Waals surface area contributed by atoms with Crippen LogP contribution in [0.25, 0.3) is 0 Å². The monoisotopic (exact) mass is 408 g/mol. The Kier molecular flexibility index (Phi) is 8.04. The number of rotatable bonds is 10. The number of carbonyl (C=O) groups is 1. The third-order valence-electron chi connectivity index (χ3n) is 9.10. The van der Waals surface area contributed by atoms with E-state index in [0.29, 0.717) is 23.5 Å². The lowest BCUT2D eigenvalue weighted by molar-refractivity contribution is -0.130. The summed E-state index contributed by atoms with van der Waals surface area (Å²) in [5.41, 5.74) is 0.259. The lowest BCUT2D eigenvalue weighted by Gasteiger charge is -2.44. The second-order valence-corrected chi connectivity index (χ2v) is 15.7. The van der Waals surface area contributed by atoms with Crippen molar-refractivity contribution in [2.75, 3.05) is 0 Å². The molecular formula is C25H48O2Si. The molecule has 0 unspecified atom stereocenters. The topological polar surface area (TPSA) is 26.3 Å². The molecule has 0 spiro atoms. The van der Waals surface area contributed by atoms with Crippen LogP contribution in [0.15, 0.2) is 0 Å². The SMILES string of the molecule is CC[Si](CC)(CC)OC(C)(C)CC[C@H](C)[C@H](C)[C@H]1CC[C@H]2C(=O)CCC[C@]12C. The smallest absolute Gasteiger partial charge is 0.192 e. The van der Waals surface area contributed by atoms with E-state index < -0.39 is 8.32 Å². The number of Topliss-reactive ketones (excluding diaryl/α,β-unsaturated/α-hetero) is 1. The van der Waals surface area contributed by atoms with Crippen molar-refractivity contribution >= 4 is 14.1 Å². The van der Waals surface area contributed by atoms with Gasteiger partial charge in [-0.25, -0.2) is 0 Å². The number of hydrogen-bond acceptors (Lipinski definition) is 2. The maximum atomic E-state index is 12.5. The van der Waals surface area contributed by atoms with Crippen molar-refractivity contribution < 1.29 is 9.22 Å². The highest BCUT2D eigenvalue weighted by molar-refractivity contribution is 6.73. The summed E-state index contributed by atoms with van der Waals surface area (Å²) in [6, 6.07) is 3.68. The van der Waals surface area contributed by atoms with Crippen LogP contribution < -0.4 is 0 Å². The molecule has 0 aromatic rings. The summed E-state index contributed by atoms with van der Waals surface area (Å²) in [6.45, 7) is 19.0. The fourth-order valence-corrected chi connectivity index (χ4v) is 9.88. The average molecular weight is 409 g/mol. The first-order chi connectivity index (χ1) is 13.0. The molecule has 0 radical (unpaired) electrons. The normalized spacial score (nSPS) is 30.9. The Labute approximate surface area is 176 Å². The molecule has 0 heterocycles. The predicted molar refractivity (Wildman–Crippen MR) is 123 cm³/mol. The number of hydrogen-bond donors (Lipinski definition) is 0. The van der Waals surface area contributed by atoms with Crippen molar-refractivity contribution in [2.24, 2.45) is 29.1 Å². The molecule has 2 fully saturated rings. The van der Waals surface area contributed by atoms with Crippen LogP contribution in [0, 0.1) is 29.1 Å². The second kappa shape index (κ2) is 9.33. The molecule has 2 rings (SSSR count). The summed E-state index contributed by atoms with van der Waals surface area (Å²) in [5.74, 6) is 3.02. The zero-order chi connectivity index (χ0) is 21.2. The van der Waals surface area contributed by atoms with Crippen molar-refractivity contribution in [1.29, 1.82) is 0 Å². The van der Waals surface area contributed by atoms with Crippen molar-refractivity contribution in [3.8, 4) is 0 Å². The van der Waals surface area contributed by atoms with Gasteiger partial charge in [-0.2, -0.15) is 0 Å². The molecule has 0 N–H and O–H groups in total. The van der Waals surface area contributed by atoms with E-state index in [0.717, 1.165) is 31.6 Å². The Morgan fingerprint density at radius 3 is 2.32 bits per heavy atom. The molecule has 2 aliphatic carbocycles. The molecule has 0 bridgehead atoms. The van der Waals surface area contributed by atoms with Gasteiger partial charge in [0.2, 0.25) is 0 Å². The molecular weight excluding hydrogens is 360 g/mol. The lowest BCUT2D eigenvalue weighted by atomic mass is 9.60. The number of carbonyl (C=O) groups excluding carboxylic acids is 1. The zero-order valence-electron chi connectivity index (χ0n) is 20.2. The number of ketones is 1. The molecule has 2 aliphatic rings. The summed E-state index contributed by atoms with van der Waals surface area (Å²) < 4.78 is 6.84. The van der Waals surface area contributed by atoms with Crippen LogP contribution in [0.3, 0.4) is 0 Å². The van der Waals surface area contributed by atoms with Crippen LogP contribution in [0.1, 0.15) is 100 Å². The first kappa shape index (κ1) is 24.1. The van der Waals surface area contributed by atoms with Crippen LogP contribution in [-0.2, 0) is 9.22 Å². The third-order valence-corrected chi connectivity index (χ3v) is 13.9. The highest BCUT2D eigenvalue weighted by Gasteiger charge is 2.52. The fraction of sp³-hybridized carbons (Fsp3) is 0.960. The van der Waals surface area contributed by atoms with Crippen LogP contribution in [0.4, 0.5) is 0 Å². The van der Waals surface area contributed by atoms with Crippen molar-refractivity contribution in [1.82, 2.24) is 0 Å². The Morgan fingerprint density at radius 2 is 1.75 bits per heavy atom. The van der Waals surface area contributed by atoms with E-state index in [1.165, 1.54) is 37.4 Å². The van der Waals surface area contributed by atoms with Crippen molar-refractivity contribution in [2.45, 2.75) is 124 Å². The molecule has 5 atom stereocenters. The first-order valence-electron chi connectivity index (χ1n) is 12.3. The highest BCUT2D eigenvalue weighted by atomic mass is 28.4. The highest BCUT2D eigenvalue weighted by Crippen LogP contribution is 2.57. The Balaban J connectivity index is 1.97. The minimum Gasteiger partial charge on any atom is -0.412 e. The maximum absolute atomic E-state index is 12.5. The van der Waals surface area contributed by atoms with Gasteiger partial charge in [-0.15, -0.1) is 0 Å². The largest absolute Gasteiger partial charge is 0.412 e. The molecule has 164 valence electrons. The first-order valence-corrected chi connectivity index (χ1v) is 14.8. The summed E-state index contributed by atoms with van der Waals surface area (Å²) in [7, 11) is -1.56. The van der Waals surface area contributed by atoms with Crippen LogP contribution >= 0.6 is 0 Å². The fourth-order valence-electron chi connectivity index (χ4n) is 6.67. The summed E-state index contributed by atoms with van der Waals surface area (Å²) in [5, 5.41) is 0. The van der Waals surface area contributed by atoms with Gasteiger partial charge in [0.15, 0.2) is 8.32 Å². The van der Waals surface area contributed by atoms with E-state index in [-0.39, 0.29) is 11.0 Å². The van der Waals surface area contributed by atoms with E-state index >= 15 is 0 Å². The molecule has 2 saturated carbocycles.